The normalized spacial score (nSPS) is 12.4. The molecule has 0 saturated heterocycles. The molecule has 0 atom stereocenters. The lowest BCUT2D eigenvalue weighted by Crippen LogP contribution is -2.40. The Morgan fingerprint density at radius 1 is 0.690 bits per heavy atom. The molecule has 0 bridgehead atoms. The van der Waals surface area contributed by atoms with Crippen molar-refractivity contribution in [2.75, 3.05) is 51.1 Å². The molecule has 1 heterocycles. The molecule has 4 aromatic rings. The van der Waals surface area contributed by atoms with Crippen LogP contribution in [0.4, 0.5) is 5.69 Å². The summed E-state index contributed by atoms with van der Waals surface area (Å²) < 4.78 is 0. The third-order valence-corrected chi connectivity index (χ3v) is 10.7. The Balaban J connectivity index is 1.21. The average molecular weight is 790 g/mol. The molecule has 14 heteroatoms. The fourth-order valence-electron chi connectivity index (χ4n) is 7.55. The van der Waals surface area contributed by atoms with Crippen LogP contribution in [0.5, 0.6) is 0 Å². The van der Waals surface area contributed by atoms with Gasteiger partial charge in [-0.15, -0.1) is 0 Å². The summed E-state index contributed by atoms with van der Waals surface area (Å²) in [6, 6.07) is 23.9. The van der Waals surface area contributed by atoms with E-state index in [0.717, 1.165) is 73.8 Å². The Morgan fingerprint density at radius 3 is 1.79 bits per heavy atom. The fraction of sp³-hybridized carbons (Fsp3) is 0.386. The number of benzene rings is 4. The number of unbranched alkanes of at least 4 members (excludes halogenated alkanes) is 4. The maximum atomic E-state index is 13.4. The largest absolute Gasteiger partial charge is 0.488 e. The molecule has 0 radical (unpaired) electrons. The van der Waals surface area contributed by atoms with Crippen molar-refractivity contribution in [3.63, 3.8) is 0 Å². The lowest BCUT2D eigenvalue weighted by molar-refractivity contribution is -0.117. The van der Waals surface area contributed by atoms with Gasteiger partial charge in [-0.1, -0.05) is 93.4 Å². The van der Waals surface area contributed by atoms with Crippen LogP contribution < -0.4 is 21.6 Å². The molecule has 12 nitrogen and oxygen atoms in total. The van der Waals surface area contributed by atoms with Gasteiger partial charge in [0.25, 0.3) is 11.8 Å². The van der Waals surface area contributed by atoms with Gasteiger partial charge in [-0.3, -0.25) is 29.1 Å². The molecule has 58 heavy (non-hydrogen) atoms. The molecule has 306 valence electrons. The summed E-state index contributed by atoms with van der Waals surface area (Å²) in [5.41, 5.74) is 4.97. The smallest absolute Gasteiger partial charge is 0.423 e. The van der Waals surface area contributed by atoms with Crippen molar-refractivity contribution >= 4 is 59.3 Å². The second-order valence-corrected chi connectivity index (χ2v) is 15.1. The SMILES string of the molecule is C=C(C)C(=O)NCCN(CCCCCCN(CCNc1ccc2c3c(cccc13)C(=O)N(CCCC)C2=O)Cc1ccccc1B(O)O)Cc1ccccc1B(O)O. The van der Waals surface area contributed by atoms with Crippen LogP contribution in [-0.4, -0.2) is 113 Å². The maximum Gasteiger partial charge on any atom is 0.488 e. The zero-order chi connectivity index (χ0) is 41.6. The Bertz CT molecular complexity index is 2020. The van der Waals surface area contributed by atoms with E-state index in [1.807, 2.05) is 55.5 Å². The number of carbonyl (C=O) groups excluding carboxylic acids is 3. The number of anilines is 1. The number of rotatable bonds is 24. The van der Waals surface area contributed by atoms with E-state index in [0.29, 0.717) is 78.8 Å². The molecule has 5 rings (SSSR count). The number of nitrogens with zero attached hydrogens (tertiary/aromatic N) is 3. The van der Waals surface area contributed by atoms with E-state index >= 15 is 0 Å². The monoisotopic (exact) mass is 789 g/mol. The van der Waals surface area contributed by atoms with Gasteiger partial charge in [0.05, 0.1) is 0 Å². The highest BCUT2D eigenvalue weighted by atomic mass is 16.4. The van der Waals surface area contributed by atoms with Gasteiger partial charge in [-0.05, 0) is 79.5 Å². The molecule has 4 aromatic carbocycles. The van der Waals surface area contributed by atoms with Crippen molar-refractivity contribution in [1.29, 1.82) is 0 Å². The molecule has 3 amide bonds. The Morgan fingerprint density at radius 2 is 1.24 bits per heavy atom. The van der Waals surface area contributed by atoms with E-state index in [9.17, 15) is 34.5 Å². The predicted octanol–water partition coefficient (Wildman–Crippen LogP) is 3.26. The maximum absolute atomic E-state index is 13.4. The molecule has 0 unspecified atom stereocenters. The summed E-state index contributed by atoms with van der Waals surface area (Å²) in [5, 5.41) is 48.0. The van der Waals surface area contributed by atoms with Crippen LogP contribution in [-0.2, 0) is 17.9 Å². The summed E-state index contributed by atoms with van der Waals surface area (Å²) in [5.74, 6) is -0.697. The van der Waals surface area contributed by atoms with E-state index in [2.05, 4.69) is 27.0 Å². The van der Waals surface area contributed by atoms with E-state index in [4.69, 9.17) is 0 Å². The van der Waals surface area contributed by atoms with Gasteiger partial charge < -0.3 is 30.7 Å². The lowest BCUT2D eigenvalue weighted by Gasteiger charge is -2.28. The number of amides is 3. The van der Waals surface area contributed by atoms with E-state index in [-0.39, 0.29) is 17.7 Å². The first-order chi connectivity index (χ1) is 28.0. The first kappa shape index (κ1) is 44.3. The van der Waals surface area contributed by atoms with Crippen LogP contribution in [0.25, 0.3) is 10.8 Å². The Labute approximate surface area is 342 Å². The summed E-state index contributed by atoms with van der Waals surface area (Å²) in [6.07, 6.45) is 5.39. The molecule has 1 aliphatic heterocycles. The topological polar surface area (TPSA) is 166 Å². The van der Waals surface area contributed by atoms with Crippen molar-refractivity contribution in [2.24, 2.45) is 0 Å². The van der Waals surface area contributed by atoms with Crippen LogP contribution >= 0.6 is 0 Å². The quantitative estimate of drug-likeness (QED) is 0.0269. The standard InChI is InChI=1S/C44H57B2N5O7/c1-4-5-27-51-43(53)36-18-14-17-35-40(22-21-37(41(35)36)44(51)54)47-23-28-49(30-33-15-8-10-19-38(33)45(55)56)25-12-6-7-13-26-50(29-24-48-42(52)32(2)3)31-34-16-9-11-20-39(34)46(57)58/h8-11,14-22,47,55-58H,2,4-7,12-13,23-31H2,1,3H3,(H,48,52). The highest BCUT2D eigenvalue weighted by Crippen LogP contribution is 2.34. The van der Waals surface area contributed by atoms with Gasteiger partial charge in [-0.25, -0.2) is 0 Å². The molecular formula is C44H57B2N5O7. The molecule has 0 aliphatic carbocycles. The Kier molecular flexibility index (Phi) is 16.6. The molecule has 0 fully saturated rings. The number of imide groups is 1. The number of hydrogen-bond donors (Lipinski definition) is 6. The zero-order valence-corrected chi connectivity index (χ0v) is 33.8. The van der Waals surface area contributed by atoms with Crippen molar-refractivity contribution in [1.82, 2.24) is 20.0 Å². The number of carbonyl (C=O) groups is 3. The van der Waals surface area contributed by atoms with E-state index < -0.39 is 14.2 Å². The van der Waals surface area contributed by atoms with Crippen LogP contribution in [0.2, 0.25) is 0 Å². The summed E-state index contributed by atoms with van der Waals surface area (Å²) >= 11 is 0. The highest BCUT2D eigenvalue weighted by Gasteiger charge is 2.33. The highest BCUT2D eigenvalue weighted by molar-refractivity contribution is 6.59. The van der Waals surface area contributed by atoms with Crippen molar-refractivity contribution in [2.45, 2.75) is 65.5 Å². The predicted molar refractivity (Wildman–Crippen MR) is 232 cm³/mol. The average Bonchev–Trinajstić information content (AvgIpc) is 3.21. The molecule has 0 aromatic heterocycles. The van der Waals surface area contributed by atoms with Crippen LogP contribution in [0.1, 0.15) is 84.2 Å². The first-order valence-electron chi connectivity index (χ1n) is 20.4. The third kappa shape index (κ3) is 11.6. The fourth-order valence-corrected chi connectivity index (χ4v) is 7.55. The summed E-state index contributed by atoms with van der Waals surface area (Å²) in [6.45, 7) is 12.7. The minimum absolute atomic E-state index is 0.190. The minimum atomic E-state index is -1.58. The van der Waals surface area contributed by atoms with E-state index in [1.54, 1.807) is 37.3 Å². The second-order valence-electron chi connectivity index (χ2n) is 15.1. The second kappa shape index (κ2) is 21.8. The molecule has 6 N–H and O–H groups in total. The summed E-state index contributed by atoms with van der Waals surface area (Å²) in [4.78, 5) is 44.8. The Hall–Kier alpha value is -4.82. The molecule has 1 aliphatic rings. The van der Waals surface area contributed by atoms with Gasteiger partial charge >= 0.3 is 14.2 Å². The first-order valence-corrected chi connectivity index (χ1v) is 20.4. The molecule has 0 spiro atoms. The third-order valence-electron chi connectivity index (χ3n) is 10.7. The van der Waals surface area contributed by atoms with Crippen molar-refractivity contribution in [3.05, 3.63) is 113 Å². The van der Waals surface area contributed by atoms with Gasteiger partial charge in [0.2, 0.25) is 5.91 Å². The van der Waals surface area contributed by atoms with Crippen molar-refractivity contribution < 1.29 is 34.5 Å². The van der Waals surface area contributed by atoms with Gasteiger partial charge in [-0.2, -0.15) is 0 Å². The van der Waals surface area contributed by atoms with Crippen LogP contribution in [0, 0.1) is 0 Å². The zero-order valence-electron chi connectivity index (χ0n) is 33.8. The number of hydrogen-bond acceptors (Lipinski definition) is 10. The van der Waals surface area contributed by atoms with Crippen LogP contribution in [0.3, 0.4) is 0 Å². The van der Waals surface area contributed by atoms with Gasteiger partial charge in [0.1, 0.15) is 0 Å². The van der Waals surface area contributed by atoms with Gasteiger partial charge in [0.15, 0.2) is 0 Å². The number of nitrogens with one attached hydrogen (secondary N) is 2. The molecule has 0 saturated carbocycles. The minimum Gasteiger partial charge on any atom is -0.423 e. The van der Waals surface area contributed by atoms with E-state index in [1.165, 1.54) is 4.90 Å². The van der Waals surface area contributed by atoms with Crippen molar-refractivity contribution in [3.8, 4) is 0 Å². The van der Waals surface area contributed by atoms with Gasteiger partial charge in [0, 0.05) is 79.0 Å². The van der Waals surface area contributed by atoms with Crippen LogP contribution in [0.15, 0.2) is 91.0 Å². The lowest BCUT2D eigenvalue weighted by atomic mass is 9.77. The molecular weight excluding hydrogens is 732 g/mol. The summed E-state index contributed by atoms with van der Waals surface area (Å²) in [7, 11) is -3.15.